The number of nitrogens with two attached hydrogens (primary N) is 1. The highest BCUT2D eigenvalue weighted by atomic mass is 32.1. The van der Waals surface area contributed by atoms with Crippen LogP contribution in [0.1, 0.15) is 19.3 Å². The van der Waals surface area contributed by atoms with Crippen LogP contribution in [-0.2, 0) is 6.54 Å². The van der Waals surface area contributed by atoms with Crippen molar-refractivity contribution in [2.24, 2.45) is 5.73 Å². The number of rotatable bonds is 8. The van der Waals surface area contributed by atoms with Gasteiger partial charge in [0.25, 0.3) is 0 Å². The molecule has 0 amide bonds. The van der Waals surface area contributed by atoms with Gasteiger partial charge in [-0.1, -0.05) is 36.0 Å². The summed E-state index contributed by atoms with van der Waals surface area (Å²) in [5, 5.41) is 10.9. The predicted molar refractivity (Wildman–Crippen MR) is 84.0 cm³/mol. The Kier molecular flexibility index (Phi) is 5.83. The number of nitrogens with zero attached hydrogens (tertiary/aromatic N) is 1. The summed E-state index contributed by atoms with van der Waals surface area (Å²) in [6.45, 7) is 1.01. The molecular weight excluding hydrogens is 288 g/mol. The van der Waals surface area contributed by atoms with E-state index in [1.165, 1.54) is 9.95 Å². The zero-order valence-corrected chi connectivity index (χ0v) is 12.6. The Labute approximate surface area is 127 Å². The van der Waals surface area contributed by atoms with Crippen molar-refractivity contribution in [3.63, 3.8) is 0 Å². The molecule has 1 unspecified atom stereocenters. The Hall–Kier alpha value is -1.79. The molecule has 3 N–H and O–H groups in total. The summed E-state index contributed by atoms with van der Waals surface area (Å²) in [6.07, 6.45) is 2.52. The lowest BCUT2D eigenvalue weighted by Gasteiger charge is -2.13. The Morgan fingerprint density at radius 3 is 2.71 bits per heavy atom. The molecule has 1 aromatic carbocycles. The van der Waals surface area contributed by atoms with Crippen molar-refractivity contribution in [3.05, 3.63) is 45.4 Å². The molecule has 6 heteroatoms. The van der Waals surface area contributed by atoms with Crippen molar-refractivity contribution in [3.8, 4) is 11.6 Å². The van der Waals surface area contributed by atoms with Gasteiger partial charge >= 0.3 is 4.87 Å². The van der Waals surface area contributed by atoms with E-state index in [1.54, 1.807) is 0 Å². The standard InChI is InChI=1S/C15H20N2O3S/c16-12(10-20-13-7-2-1-3-8-13)6-4-5-9-17-14(18)11-21-15(17)19/h1-3,7-8,11-12,18H,4-6,9-10,16H2. The van der Waals surface area contributed by atoms with Gasteiger partial charge in [0.05, 0.1) is 5.38 Å². The number of para-hydroxylation sites is 1. The summed E-state index contributed by atoms with van der Waals surface area (Å²) in [5.74, 6) is 0.865. The van der Waals surface area contributed by atoms with Gasteiger partial charge in [-0.05, 0) is 25.0 Å². The van der Waals surface area contributed by atoms with Gasteiger partial charge in [-0.25, -0.2) is 0 Å². The zero-order chi connectivity index (χ0) is 15.1. The Morgan fingerprint density at radius 1 is 1.29 bits per heavy atom. The van der Waals surface area contributed by atoms with E-state index in [0.29, 0.717) is 13.2 Å². The third-order valence-electron chi connectivity index (χ3n) is 3.18. The summed E-state index contributed by atoms with van der Waals surface area (Å²) in [6, 6.07) is 9.56. The van der Waals surface area contributed by atoms with Gasteiger partial charge in [0.15, 0.2) is 0 Å². The number of benzene rings is 1. The third kappa shape index (κ3) is 4.91. The Bertz CT molecular complexity index is 594. The molecule has 1 atom stereocenters. The van der Waals surface area contributed by atoms with Gasteiger partial charge < -0.3 is 15.6 Å². The first-order chi connectivity index (χ1) is 10.2. The maximum absolute atomic E-state index is 11.4. The molecule has 0 aliphatic heterocycles. The number of ether oxygens (including phenoxy) is 1. The second-order valence-electron chi connectivity index (χ2n) is 4.89. The number of aromatic nitrogens is 1. The van der Waals surface area contributed by atoms with E-state index in [0.717, 1.165) is 36.3 Å². The largest absolute Gasteiger partial charge is 0.494 e. The molecular formula is C15H20N2O3S. The molecule has 0 aliphatic rings. The van der Waals surface area contributed by atoms with Crippen LogP contribution >= 0.6 is 11.3 Å². The van der Waals surface area contributed by atoms with Gasteiger partial charge in [0, 0.05) is 12.6 Å². The quantitative estimate of drug-likeness (QED) is 0.733. The van der Waals surface area contributed by atoms with Crippen LogP contribution in [0.15, 0.2) is 40.5 Å². The highest BCUT2D eigenvalue weighted by molar-refractivity contribution is 7.07. The van der Waals surface area contributed by atoms with Crippen LogP contribution in [0.2, 0.25) is 0 Å². The minimum absolute atomic E-state index is 0.0296. The van der Waals surface area contributed by atoms with E-state index in [9.17, 15) is 9.90 Å². The lowest BCUT2D eigenvalue weighted by atomic mass is 10.1. The van der Waals surface area contributed by atoms with Crippen molar-refractivity contribution in [1.82, 2.24) is 4.57 Å². The van der Waals surface area contributed by atoms with Crippen molar-refractivity contribution in [2.45, 2.75) is 31.8 Å². The zero-order valence-electron chi connectivity index (χ0n) is 11.8. The Morgan fingerprint density at radius 2 is 2.05 bits per heavy atom. The summed E-state index contributed by atoms with van der Waals surface area (Å²) < 4.78 is 6.98. The van der Waals surface area contributed by atoms with E-state index in [1.807, 2.05) is 30.3 Å². The molecule has 0 aliphatic carbocycles. The first-order valence-corrected chi connectivity index (χ1v) is 7.85. The summed E-state index contributed by atoms with van der Waals surface area (Å²) in [4.78, 5) is 11.3. The van der Waals surface area contributed by atoms with Gasteiger partial charge in [0.2, 0.25) is 5.88 Å². The van der Waals surface area contributed by atoms with E-state index < -0.39 is 0 Å². The van der Waals surface area contributed by atoms with Crippen molar-refractivity contribution in [1.29, 1.82) is 0 Å². The molecule has 2 aromatic rings. The molecule has 114 valence electrons. The van der Waals surface area contributed by atoms with Crippen molar-refractivity contribution < 1.29 is 9.84 Å². The minimum Gasteiger partial charge on any atom is -0.494 e. The first kappa shape index (κ1) is 15.6. The molecule has 1 aromatic heterocycles. The number of thiazole rings is 1. The van der Waals surface area contributed by atoms with Crippen molar-refractivity contribution in [2.75, 3.05) is 6.61 Å². The predicted octanol–water partition coefficient (Wildman–Crippen LogP) is 2.19. The summed E-state index contributed by atoms with van der Waals surface area (Å²) >= 11 is 1.01. The highest BCUT2D eigenvalue weighted by Crippen LogP contribution is 2.12. The number of aromatic hydroxyl groups is 1. The molecule has 21 heavy (non-hydrogen) atoms. The van der Waals surface area contributed by atoms with E-state index in [2.05, 4.69) is 0 Å². The van der Waals surface area contributed by atoms with Crippen LogP contribution in [-0.4, -0.2) is 22.3 Å². The number of hydrogen-bond donors (Lipinski definition) is 2. The lowest BCUT2D eigenvalue weighted by molar-refractivity contribution is 0.278. The van der Waals surface area contributed by atoms with Gasteiger partial charge in [0.1, 0.15) is 12.4 Å². The summed E-state index contributed by atoms with van der Waals surface area (Å²) in [7, 11) is 0. The molecule has 0 bridgehead atoms. The van der Waals surface area contributed by atoms with Crippen LogP contribution in [0.3, 0.4) is 0 Å². The van der Waals surface area contributed by atoms with Crippen LogP contribution in [0, 0.1) is 0 Å². The van der Waals surface area contributed by atoms with Gasteiger partial charge in [-0.15, -0.1) is 0 Å². The second kappa shape index (κ2) is 7.85. The maximum Gasteiger partial charge on any atom is 0.309 e. The van der Waals surface area contributed by atoms with Crippen molar-refractivity contribution >= 4 is 11.3 Å². The molecule has 0 saturated heterocycles. The Balaban J connectivity index is 1.63. The molecule has 0 spiro atoms. The molecule has 0 fully saturated rings. The van der Waals surface area contributed by atoms with Gasteiger partial charge in [-0.3, -0.25) is 9.36 Å². The number of hydrogen-bond acceptors (Lipinski definition) is 5. The SMILES string of the molecule is NC(CCCCn1c(O)csc1=O)COc1ccccc1. The van der Waals surface area contributed by atoms with E-state index in [-0.39, 0.29) is 16.8 Å². The lowest BCUT2D eigenvalue weighted by Crippen LogP contribution is -2.27. The fourth-order valence-electron chi connectivity index (χ4n) is 2.01. The average Bonchev–Trinajstić information content (AvgIpc) is 2.82. The minimum atomic E-state index is -0.121. The third-order valence-corrected chi connectivity index (χ3v) is 3.93. The molecule has 1 heterocycles. The van der Waals surface area contributed by atoms with E-state index >= 15 is 0 Å². The average molecular weight is 308 g/mol. The van der Waals surface area contributed by atoms with Crippen LogP contribution < -0.4 is 15.3 Å². The maximum atomic E-state index is 11.4. The molecule has 2 rings (SSSR count). The van der Waals surface area contributed by atoms with E-state index in [4.69, 9.17) is 10.5 Å². The van der Waals surface area contributed by atoms with Crippen LogP contribution in [0.5, 0.6) is 11.6 Å². The molecule has 0 saturated carbocycles. The summed E-state index contributed by atoms with van der Waals surface area (Å²) in [5.41, 5.74) is 6.00. The number of unbranched alkanes of at least 4 members (excludes halogenated alkanes) is 1. The fourth-order valence-corrected chi connectivity index (χ4v) is 2.66. The monoisotopic (exact) mass is 308 g/mol. The van der Waals surface area contributed by atoms with Crippen LogP contribution in [0.25, 0.3) is 0 Å². The normalized spacial score (nSPS) is 12.2. The second-order valence-corrected chi connectivity index (χ2v) is 5.71. The smallest absolute Gasteiger partial charge is 0.309 e. The fraction of sp³-hybridized carbons (Fsp3) is 0.400. The van der Waals surface area contributed by atoms with Gasteiger partial charge in [-0.2, -0.15) is 0 Å². The molecule has 0 radical (unpaired) electrons. The topological polar surface area (TPSA) is 77.5 Å². The first-order valence-electron chi connectivity index (χ1n) is 6.97. The van der Waals surface area contributed by atoms with Crippen LogP contribution in [0.4, 0.5) is 0 Å². The molecule has 5 nitrogen and oxygen atoms in total. The highest BCUT2D eigenvalue weighted by Gasteiger charge is 2.06.